The molecule has 0 radical (unpaired) electrons. The van der Waals surface area contributed by atoms with Crippen molar-refractivity contribution in [3.63, 3.8) is 0 Å². The summed E-state index contributed by atoms with van der Waals surface area (Å²) in [5, 5.41) is 1.93. The van der Waals surface area contributed by atoms with Gasteiger partial charge < -0.3 is 9.47 Å². The summed E-state index contributed by atoms with van der Waals surface area (Å²) < 4.78 is 12.2. The first-order valence-electron chi connectivity index (χ1n) is 10.3. The Kier molecular flexibility index (Phi) is 5.66. The molecule has 148 valence electrons. The molecule has 0 saturated carbocycles. The summed E-state index contributed by atoms with van der Waals surface area (Å²) in [4.78, 5) is 12.3. The zero-order valence-electron chi connectivity index (χ0n) is 16.9. The molecule has 0 aliphatic heterocycles. The van der Waals surface area contributed by atoms with Crippen molar-refractivity contribution in [1.82, 2.24) is 0 Å². The Hall–Kier alpha value is -3.07. The van der Waals surface area contributed by atoms with Gasteiger partial charge in [-0.3, -0.25) is 0 Å². The number of carbonyl (C=O) groups excluding carboxylic acids is 1. The molecule has 0 saturated heterocycles. The zero-order chi connectivity index (χ0) is 20.2. The molecule has 1 aliphatic rings. The van der Waals surface area contributed by atoms with Crippen molar-refractivity contribution in [1.29, 1.82) is 0 Å². The van der Waals surface area contributed by atoms with E-state index in [4.69, 9.17) is 9.47 Å². The molecule has 0 spiro atoms. The van der Waals surface area contributed by atoms with Crippen LogP contribution in [0.1, 0.15) is 36.5 Å². The van der Waals surface area contributed by atoms with Gasteiger partial charge in [-0.05, 0) is 38.2 Å². The maximum Gasteiger partial charge on any atom is 0.338 e. The van der Waals surface area contributed by atoms with Gasteiger partial charge in [0.25, 0.3) is 0 Å². The SMILES string of the molecule is C=C(C)C(=O)Oc1c2c(c(OCCc3ccccc3)c3ccccc13)CCCC2. The number of esters is 1. The average Bonchev–Trinajstić information content (AvgIpc) is 2.76. The third kappa shape index (κ3) is 4.04. The first-order valence-corrected chi connectivity index (χ1v) is 10.3. The predicted octanol–water partition coefficient (Wildman–Crippen LogP) is 5.82. The molecule has 0 heterocycles. The number of fused-ring (bicyclic) bond motifs is 2. The number of hydrogen-bond donors (Lipinski definition) is 0. The van der Waals surface area contributed by atoms with Crippen molar-refractivity contribution in [2.75, 3.05) is 6.61 Å². The van der Waals surface area contributed by atoms with Gasteiger partial charge in [-0.2, -0.15) is 0 Å². The van der Waals surface area contributed by atoms with E-state index in [1.54, 1.807) is 6.92 Å². The van der Waals surface area contributed by atoms with Crippen LogP contribution in [0.15, 0.2) is 66.7 Å². The van der Waals surface area contributed by atoms with Crippen molar-refractivity contribution in [2.45, 2.75) is 39.0 Å². The largest absolute Gasteiger partial charge is 0.492 e. The summed E-state index contributed by atoms with van der Waals surface area (Å²) >= 11 is 0. The predicted molar refractivity (Wildman–Crippen MR) is 117 cm³/mol. The quantitative estimate of drug-likeness (QED) is 0.304. The Labute approximate surface area is 172 Å². The molecule has 0 N–H and O–H groups in total. The fraction of sp³-hybridized carbons (Fsp3) is 0.269. The van der Waals surface area contributed by atoms with Crippen molar-refractivity contribution >= 4 is 16.7 Å². The summed E-state index contributed by atoms with van der Waals surface area (Å²) in [5.74, 6) is 1.25. The Bertz CT molecular complexity index is 1050. The minimum absolute atomic E-state index is 0.374. The summed E-state index contributed by atoms with van der Waals surface area (Å²) in [6.07, 6.45) is 4.91. The minimum Gasteiger partial charge on any atom is -0.492 e. The lowest BCUT2D eigenvalue weighted by Gasteiger charge is -2.25. The highest BCUT2D eigenvalue weighted by molar-refractivity contribution is 5.99. The third-order valence-electron chi connectivity index (χ3n) is 5.46. The van der Waals surface area contributed by atoms with E-state index in [-0.39, 0.29) is 5.97 Å². The van der Waals surface area contributed by atoms with Crippen molar-refractivity contribution in [3.05, 3.63) is 83.4 Å². The smallest absolute Gasteiger partial charge is 0.338 e. The van der Waals surface area contributed by atoms with Gasteiger partial charge in [0.1, 0.15) is 11.5 Å². The monoisotopic (exact) mass is 386 g/mol. The summed E-state index contributed by atoms with van der Waals surface area (Å²) in [5.41, 5.74) is 3.96. The van der Waals surface area contributed by atoms with Gasteiger partial charge in [-0.25, -0.2) is 4.79 Å². The van der Waals surface area contributed by atoms with E-state index in [0.717, 1.165) is 54.2 Å². The van der Waals surface area contributed by atoms with Crippen LogP contribution in [0.5, 0.6) is 11.5 Å². The molecule has 0 bridgehead atoms. The van der Waals surface area contributed by atoms with Crippen LogP contribution in [0.4, 0.5) is 0 Å². The van der Waals surface area contributed by atoms with Gasteiger partial charge >= 0.3 is 5.97 Å². The van der Waals surface area contributed by atoms with Gasteiger partial charge in [-0.15, -0.1) is 0 Å². The number of ether oxygens (including phenoxy) is 2. The second-order valence-electron chi connectivity index (χ2n) is 7.62. The maximum atomic E-state index is 12.3. The summed E-state index contributed by atoms with van der Waals surface area (Å²) in [6, 6.07) is 18.4. The molecule has 0 aromatic heterocycles. The van der Waals surface area contributed by atoms with Crippen molar-refractivity contribution < 1.29 is 14.3 Å². The van der Waals surface area contributed by atoms with E-state index >= 15 is 0 Å². The van der Waals surface area contributed by atoms with Crippen LogP contribution in [0.2, 0.25) is 0 Å². The molecule has 3 aromatic carbocycles. The second-order valence-corrected chi connectivity index (χ2v) is 7.62. The molecule has 29 heavy (non-hydrogen) atoms. The molecule has 4 rings (SSSR count). The van der Waals surface area contributed by atoms with E-state index < -0.39 is 0 Å². The second kappa shape index (κ2) is 8.52. The van der Waals surface area contributed by atoms with E-state index in [0.29, 0.717) is 17.9 Å². The molecule has 0 fully saturated rings. The van der Waals surface area contributed by atoms with Gasteiger partial charge in [0.2, 0.25) is 0 Å². The summed E-state index contributed by atoms with van der Waals surface area (Å²) in [6.45, 7) is 6.03. The summed E-state index contributed by atoms with van der Waals surface area (Å²) in [7, 11) is 0. The molecule has 3 heteroatoms. The highest BCUT2D eigenvalue weighted by Crippen LogP contribution is 2.44. The minimum atomic E-state index is -0.374. The number of rotatable bonds is 6. The van der Waals surface area contributed by atoms with Crippen LogP contribution in [0.25, 0.3) is 10.8 Å². The molecular weight excluding hydrogens is 360 g/mol. The van der Waals surface area contributed by atoms with Crippen LogP contribution in [0, 0.1) is 0 Å². The van der Waals surface area contributed by atoms with E-state index in [1.807, 2.05) is 24.3 Å². The molecule has 0 amide bonds. The Morgan fingerprint density at radius 2 is 1.48 bits per heavy atom. The lowest BCUT2D eigenvalue weighted by Crippen LogP contribution is -2.15. The van der Waals surface area contributed by atoms with E-state index in [1.165, 1.54) is 11.1 Å². The Balaban J connectivity index is 1.74. The Morgan fingerprint density at radius 3 is 2.14 bits per heavy atom. The first kappa shape index (κ1) is 19.3. The van der Waals surface area contributed by atoms with Crippen LogP contribution < -0.4 is 9.47 Å². The Morgan fingerprint density at radius 1 is 0.897 bits per heavy atom. The van der Waals surface area contributed by atoms with Gasteiger partial charge in [0.05, 0.1) is 6.61 Å². The maximum absolute atomic E-state index is 12.3. The third-order valence-corrected chi connectivity index (χ3v) is 5.46. The number of carbonyl (C=O) groups is 1. The number of hydrogen-bond acceptors (Lipinski definition) is 3. The zero-order valence-corrected chi connectivity index (χ0v) is 16.9. The fourth-order valence-electron chi connectivity index (χ4n) is 3.99. The standard InChI is InChI=1S/C26H26O3/c1-18(2)26(27)29-25-22-14-8-6-12-20(22)24(21-13-7-9-15-23(21)25)28-17-16-19-10-4-3-5-11-19/h3-6,8,10-12,14H,1,7,9,13,15-17H2,2H3. The molecule has 1 aliphatic carbocycles. The van der Waals surface area contributed by atoms with Crippen LogP contribution >= 0.6 is 0 Å². The van der Waals surface area contributed by atoms with Crippen LogP contribution in [0.3, 0.4) is 0 Å². The van der Waals surface area contributed by atoms with Crippen molar-refractivity contribution in [3.8, 4) is 11.5 Å². The average molecular weight is 386 g/mol. The van der Waals surface area contributed by atoms with Crippen molar-refractivity contribution in [2.24, 2.45) is 0 Å². The molecule has 0 unspecified atom stereocenters. The molecular formula is C26H26O3. The van der Waals surface area contributed by atoms with Gasteiger partial charge in [0.15, 0.2) is 0 Å². The highest BCUT2D eigenvalue weighted by Gasteiger charge is 2.25. The lowest BCUT2D eigenvalue weighted by atomic mass is 9.87. The fourth-order valence-corrected chi connectivity index (χ4v) is 3.99. The lowest BCUT2D eigenvalue weighted by molar-refractivity contribution is -0.130. The van der Waals surface area contributed by atoms with E-state index in [9.17, 15) is 4.79 Å². The normalized spacial score (nSPS) is 13.0. The van der Waals surface area contributed by atoms with Gasteiger partial charge in [0, 0.05) is 33.9 Å². The molecule has 0 atom stereocenters. The van der Waals surface area contributed by atoms with E-state index in [2.05, 4.69) is 36.9 Å². The van der Waals surface area contributed by atoms with Crippen LogP contribution in [-0.4, -0.2) is 12.6 Å². The first-order chi connectivity index (χ1) is 14.1. The highest BCUT2D eigenvalue weighted by atomic mass is 16.5. The van der Waals surface area contributed by atoms with Gasteiger partial charge in [-0.1, -0.05) is 61.2 Å². The molecule has 3 nitrogen and oxygen atoms in total. The topological polar surface area (TPSA) is 35.5 Å². The molecule has 3 aromatic rings. The van der Waals surface area contributed by atoms with Crippen LogP contribution in [-0.2, 0) is 24.1 Å². The number of benzene rings is 3.